The number of ether oxygens (including phenoxy) is 1. The number of hydrogen-bond acceptors (Lipinski definition) is 8. The zero-order valence-electron chi connectivity index (χ0n) is 30.6. The number of amides is 2. The molecule has 0 unspecified atom stereocenters. The van der Waals surface area contributed by atoms with E-state index in [0.29, 0.717) is 36.4 Å². The van der Waals surface area contributed by atoms with Gasteiger partial charge in [-0.15, -0.1) is 0 Å². The highest BCUT2D eigenvalue weighted by Gasteiger charge is 2.37. The summed E-state index contributed by atoms with van der Waals surface area (Å²) in [6.07, 6.45) is 12.9. The minimum Gasteiger partial charge on any atom is -0.497 e. The number of aliphatic hydroxyl groups is 1. The largest absolute Gasteiger partial charge is 0.497 e. The molecule has 13 heteroatoms. The van der Waals surface area contributed by atoms with Crippen molar-refractivity contribution in [2.24, 2.45) is 0 Å². The van der Waals surface area contributed by atoms with Crippen LogP contribution in [0.5, 0.6) is 5.75 Å². The topological polar surface area (TPSA) is 157 Å². The molecule has 0 spiro atoms. The number of methoxy groups -OCH3 is 1. The third-order valence-corrected chi connectivity index (χ3v) is 12.7. The van der Waals surface area contributed by atoms with Crippen LogP contribution in [0.15, 0.2) is 61.1 Å². The monoisotopic (exact) mass is 748 g/mol. The molecule has 8 rings (SSSR count). The second kappa shape index (κ2) is 14.2. The molecule has 280 valence electrons. The van der Waals surface area contributed by atoms with Crippen LogP contribution in [0.4, 0.5) is 0 Å². The van der Waals surface area contributed by atoms with Gasteiger partial charge in [-0.2, -0.15) is 5.10 Å². The summed E-state index contributed by atoms with van der Waals surface area (Å²) in [6.45, 7) is 3.91. The van der Waals surface area contributed by atoms with Gasteiger partial charge in [-0.05, 0) is 110 Å². The highest BCUT2D eigenvalue weighted by molar-refractivity contribution is 7.91. The maximum absolute atomic E-state index is 13.9. The van der Waals surface area contributed by atoms with E-state index in [0.717, 1.165) is 70.2 Å². The number of nitrogens with zero attached hydrogens (tertiary/aromatic N) is 4. The highest BCUT2D eigenvalue weighted by Crippen LogP contribution is 2.48. The Balaban J connectivity index is 1.38. The Labute approximate surface area is 314 Å². The summed E-state index contributed by atoms with van der Waals surface area (Å²) in [7, 11) is -2.13. The van der Waals surface area contributed by atoms with Gasteiger partial charge >= 0.3 is 0 Å². The number of aliphatic hydroxyl groups excluding tert-OH is 1. The SMILES string of the molecule is COc1ccc2c(c1)C=C(c1c(C(=O)NC[C@@H](C)O)cnn1-c1ccncc1C)Cn1c-2c(C2CCCCC2)c2ccc(C(=O)NS(=O)(=O)C3CC3)cc21. The van der Waals surface area contributed by atoms with Crippen molar-refractivity contribution in [2.45, 2.75) is 82.6 Å². The van der Waals surface area contributed by atoms with Crippen molar-refractivity contribution >= 4 is 44.4 Å². The fourth-order valence-electron chi connectivity index (χ4n) is 8.02. The Bertz CT molecular complexity index is 2430. The molecule has 2 aliphatic carbocycles. The van der Waals surface area contributed by atoms with Crippen LogP contribution in [0.3, 0.4) is 0 Å². The van der Waals surface area contributed by atoms with Gasteiger partial charge < -0.3 is 19.7 Å². The first-order valence-corrected chi connectivity index (χ1v) is 20.2. The lowest BCUT2D eigenvalue weighted by molar-refractivity contribution is 0.0922. The molecule has 2 fully saturated rings. The molecule has 2 amide bonds. The summed E-state index contributed by atoms with van der Waals surface area (Å²) in [6, 6.07) is 13.4. The lowest BCUT2D eigenvalue weighted by Gasteiger charge is -2.24. The van der Waals surface area contributed by atoms with E-state index in [4.69, 9.17) is 9.84 Å². The number of sulfonamides is 1. The molecule has 1 aliphatic heterocycles. The van der Waals surface area contributed by atoms with Crippen LogP contribution in [-0.4, -0.2) is 69.7 Å². The number of aryl methyl sites for hydroxylation is 1. The number of carbonyl (C=O) groups excluding carboxylic acids is 2. The molecule has 5 aromatic rings. The lowest BCUT2D eigenvalue weighted by Crippen LogP contribution is -2.33. The molecule has 2 saturated carbocycles. The third-order valence-electron chi connectivity index (χ3n) is 10.8. The number of carbonyl (C=O) groups is 2. The van der Waals surface area contributed by atoms with Gasteiger partial charge in [-0.25, -0.2) is 17.8 Å². The van der Waals surface area contributed by atoms with E-state index in [-0.39, 0.29) is 23.9 Å². The summed E-state index contributed by atoms with van der Waals surface area (Å²) in [5.74, 6) is -0.0827. The van der Waals surface area contributed by atoms with Crippen LogP contribution in [-0.2, 0) is 16.6 Å². The van der Waals surface area contributed by atoms with Crippen molar-refractivity contribution in [2.75, 3.05) is 13.7 Å². The average Bonchev–Trinajstić information content (AvgIpc) is 3.91. The number of nitrogens with one attached hydrogen (secondary N) is 2. The van der Waals surface area contributed by atoms with Crippen LogP contribution in [0.2, 0.25) is 0 Å². The van der Waals surface area contributed by atoms with E-state index < -0.39 is 27.3 Å². The molecule has 3 aliphatic rings. The number of hydrogen-bond donors (Lipinski definition) is 3. The van der Waals surface area contributed by atoms with Gasteiger partial charge in [0.2, 0.25) is 10.0 Å². The molecule has 0 saturated heterocycles. The Morgan fingerprint density at radius 2 is 1.80 bits per heavy atom. The maximum atomic E-state index is 13.9. The average molecular weight is 749 g/mol. The van der Waals surface area contributed by atoms with Crippen LogP contribution in [0.1, 0.15) is 101 Å². The van der Waals surface area contributed by atoms with Crippen molar-refractivity contribution in [1.82, 2.24) is 29.4 Å². The quantitative estimate of drug-likeness (QED) is 0.154. The first kappa shape index (κ1) is 35.7. The summed E-state index contributed by atoms with van der Waals surface area (Å²) in [4.78, 5) is 31.7. The van der Waals surface area contributed by atoms with Gasteiger partial charge in [0.25, 0.3) is 11.8 Å². The van der Waals surface area contributed by atoms with Gasteiger partial charge in [-0.3, -0.25) is 14.6 Å². The normalized spacial score (nSPS) is 16.6. The Hall–Kier alpha value is -5.27. The standard InChI is InChI=1S/C41H44N6O6S/c1-24-20-42-16-15-35(24)47-38(34(22-44-47)41(50)43-21-25(2)48)29-17-28-18-30(53-3)10-14-32(28)39-37(26-7-5-4-6-8-26)33-13-9-27(19-36(33)46(39)23-29)40(49)45-54(51,52)31-11-12-31/h9-10,13-20,22,25-26,31,48H,4-8,11-12,21,23H2,1-3H3,(H,43,50)(H,45,49)/t25-/m1/s1. The molecule has 1 atom stereocenters. The van der Waals surface area contributed by atoms with Crippen molar-refractivity contribution in [3.63, 3.8) is 0 Å². The summed E-state index contributed by atoms with van der Waals surface area (Å²) in [5, 5.41) is 18.1. The van der Waals surface area contributed by atoms with Gasteiger partial charge in [-0.1, -0.05) is 25.3 Å². The van der Waals surface area contributed by atoms with E-state index in [2.05, 4.69) is 31.7 Å². The van der Waals surface area contributed by atoms with Crippen molar-refractivity contribution in [3.8, 4) is 22.7 Å². The minimum atomic E-state index is -3.76. The lowest BCUT2D eigenvalue weighted by atomic mass is 9.81. The number of pyridine rings is 1. The molecule has 3 aromatic heterocycles. The summed E-state index contributed by atoms with van der Waals surface area (Å²) < 4.78 is 37.7. The summed E-state index contributed by atoms with van der Waals surface area (Å²) in [5.41, 5.74) is 8.44. The highest BCUT2D eigenvalue weighted by atomic mass is 32.2. The number of fused-ring (bicyclic) bond motifs is 5. The molecule has 54 heavy (non-hydrogen) atoms. The van der Waals surface area contributed by atoms with Crippen molar-refractivity contribution in [1.29, 1.82) is 0 Å². The predicted molar refractivity (Wildman–Crippen MR) is 207 cm³/mol. The summed E-state index contributed by atoms with van der Waals surface area (Å²) >= 11 is 0. The van der Waals surface area contributed by atoms with Crippen LogP contribution in [0.25, 0.3) is 39.5 Å². The second-order valence-electron chi connectivity index (χ2n) is 14.8. The number of allylic oxidation sites excluding steroid dienone is 1. The molecule has 12 nitrogen and oxygen atoms in total. The Morgan fingerprint density at radius 1 is 1.00 bits per heavy atom. The molecule has 3 N–H and O–H groups in total. The van der Waals surface area contributed by atoms with Crippen LogP contribution < -0.4 is 14.8 Å². The van der Waals surface area contributed by atoms with Crippen molar-refractivity contribution < 1.29 is 27.9 Å². The number of rotatable bonds is 10. The smallest absolute Gasteiger partial charge is 0.264 e. The predicted octanol–water partition coefficient (Wildman–Crippen LogP) is 6.14. The molecule has 0 bridgehead atoms. The molecule has 0 radical (unpaired) electrons. The Kier molecular flexibility index (Phi) is 9.39. The van der Waals surface area contributed by atoms with E-state index in [1.54, 1.807) is 49.4 Å². The van der Waals surface area contributed by atoms with Gasteiger partial charge in [0.05, 0.1) is 53.8 Å². The fourth-order valence-corrected chi connectivity index (χ4v) is 9.32. The number of benzene rings is 2. The van der Waals surface area contributed by atoms with Crippen LogP contribution in [0, 0.1) is 6.92 Å². The van der Waals surface area contributed by atoms with Crippen molar-refractivity contribution in [3.05, 3.63) is 94.6 Å². The van der Waals surface area contributed by atoms with Crippen LogP contribution >= 0.6 is 0 Å². The number of aromatic nitrogens is 4. The maximum Gasteiger partial charge on any atom is 0.264 e. The zero-order valence-corrected chi connectivity index (χ0v) is 31.4. The third kappa shape index (κ3) is 6.59. The molecular formula is C41H44N6O6S. The molecular weight excluding hydrogens is 705 g/mol. The zero-order chi connectivity index (χ0) is 37.7. The first-order chi connectivity index (χ1) is 26.0. The minimum absolute atomic E-state index is 0.0647. The van der Waals surface area contributed by atoms with E-state index in [9.17, 15) is 23.1 Å². The van der Waals surface area contributed by atoms with Gasteiger partial charge in [0.1, 0.15) is 5.75 Å². The molecule has 4 heterocycles. The van der Waals surface area contributed by atoms with Gasteiger partial charge in [0.15, 0.2) is 0 Å². The molecule has 2 aromatic carbocycles. The van der Waals surface area contributed by atoms with E-state index in [1.807, 2.05) is 31.2 Å². The van der Waals surface area contributed by atoms with Gasteiger partial charge in [0, 0.05) is 41.0 Å². The Morgan fingerprint density at radius 3 is 2.52 bits per heavy atom. The van der Waals surface area contributed by atoms with E-state index in [1.165, 1.54) is 12.0 Å². The fraction of sp³-hybridized carbons (Fsp3) is 0.366. The van der Waals surface area contributed by atoms with E-state index >= 15 is 0 Å². The second-order valence-corrected chi connectivity index (χ2v) is 16.7. The first-order valence-electron chi connectivity index (χ1n) is 18.6.